The molecule has 10 heteroatoms. The topological polar surface area (TPSA) is 122 Å². The van der Waals surface area contributed by atoms with Gasteiger partial charge in [0.2, 0.25) is 11.0 Å². The van der Waals surface area contributed by atoms with E-state index in [4.69, 9.17) is 4.74 Å². The number of carbonyl (C=O) groups is 3. The van der Waals surface area contributed by atoms with Crippen LogP contribution in [0.1, 0.15) is 52.4 Å². The van der Waals surface area contributed by atoms with Crippen LogP contribution in [0.2, 0.25) is 0 Å². The van der Waals surface area contributed by atoms with Gasteiger partial charge in [-0.05, 0) is 49.2 Å². The third kappa shape index (κ3) is 7.35. The Hall–Kier alpha value is -3.79. The normalized spacial score (nSPS) is 10.6. The zero-order valence-electron chi connectivity index (χ0n) is 20.0. The number of ether oxygens (including phenoxy) is 1. The number of nitrogens with zero attached hydrogens (tertiary/aromatic N) is 2. The van der Waals surface area contributed by atoms with Crippen LogP contribution in [0.15, 0.2) is 48.5 Å². The van der Waals surface area contributed by atoms with E-state index in [1.165, 1.54) is 11.3 Å². The highest BCUT2D eigenvalue weighted by molar-refractivity contribution is 7.15. The van der Waals surface area contributed by atoms with E-state index in [0.29, 0.717) is 45.7 Å². The Morgan fingerprint density at radius 3 is 2.37 bits per heavy atom. The molecule has 35 heavy (non-hydrogen) atoms. The van der Waals surface area contributed by atoms with Gasteiger partial charge < -0.3 is 15.4 Å². The summed E-state index contributed by atoms with van der Waals surface area (Å²) in [5.41, 5.74) is 1.47. The monoisotopic (exact) mass is 495 g/mol. The van der Waals surface area contributed by atoms with E-state index < -0.39 is 0 Å². The Balaban J connectivity index is 1.52. The number of anilines is 2. The molecular weight excluding hydrogens is 466 g/mol. The summed E-state index contributed by atoms with van der Waals surface area (Å²) in [4.78, 5) is 37.3. The van der Waals surface area contributed by atoms with Gasteiger partial charge in [-0.3, -0.25) is 19.7 Å². The lowest BCUT2D eigenvalue weighted by atomic mass is 10.0. The lowest BCUT2D eigenvalue weighted by molar-refractivity contribution is -0.120. The number of hydrogen-bond donors (Lipinski definition) is 3. The van der Waals surface area contributed by atoms with Gasteiger partial charge in [-0.15, -0.1) is 10.2 Å². The molecule has 0 saturated heterocycles. The van der Waals surface area contributed by atoms with Crippen molar-refractivity contribution in [2.75, 3.05) is 24.3 Å². The number of aromatic nitrogens is 2. The first-order valence-electron chi connectivity index (χ1n) is 11.4. The summed E-state index contributed by atoms with van der Waals surface area (Å²) in [5, 5.41) is 17.6. The van der Waals surface area contributed by atoms with E-state index in [2.05, 4.69) is 26.1 Å². The number of benzene rings is 2. The van der Waals surface area contributed by atoms with Crippen molar-refractivity contribution in [3.63, 3.8) is 0 Å². The summed E-state index contributed by atoms with van der Waals surface area (Å²) in [5.74, 6) is -0.0654. The molecule has 0 unspecified atom stereocenters. The maximum Gasteiger partial charge on any atom is 0.257 e. The maximum atomic E-state index is 12.7. The van der Waals surface area contributed by atoms with Crippen molar-refractivity contribution in [2.24, 2.45) is 5.92 Å². The smallest absolute Gasteiger partial charge is 0.257 e. The molecule has 0 saturated carbocycles. The van der Waals surface area contributed by atoms with E-state index in [9.17, 15) is 14.4 Å². The quantitative estimate of drug-likeness (QED) is 0.367. The van der Waals surface area contributed by atoms with Gasteiger partial charge >= 0.3 is 0 Å². The summed E-state index contributed by atoms with van der Waals surface area (Å²) < 4.78 is 5.14. The molecule has 0 fully saturated rings. The number of methoxy groups -OCH3 is 1. The molecule has 3 N–H and O–H groups in total. The zero-order valence-corrected chi connectivity index (χ0v) is 20.8. The summed E-state index contributed by atoms with van der Waals surface area (Å²) in [7, 11) is 1.55. The molecule has 0 radical (unpaired) electrons. The van der Waals surface area contributed by atoms with Gasteiger partial charge in [0.1, 0.15) is 10.8 Å². The molecule has 3 rings (SSSR count). The molecule has 9 nitrogen and oxygen atoms in total. The molecule has 3 aromatic rings. The molecule has 0 bridgehead atoms. The van der Waals surface area contributed by atoms with E-state index in [1.807, 2.05) is 13.8 Å². The molecule has 1 aromatic heterocycles. The fraction of sp³-hybridized carbons (Fsp3) is 0.320. The minimum Gasteiger partial charge on any atom is -0.497 e. The predicted octanol–water partition coefficient (Wildman–Crippen LogP) is 4.15. The molecular formula is C25H29N5O4S. The molecule has 0 spiro atoms. The van der Waals surface area contributed by atoms with Gasteiger partial charge in [-0.25, -0.2) is 0 Å². The Bertz CT molecular complexity index is 1180. The first-order chi connectivity index (χ1) is 16.9. The van der Waals surface area contributed by atoms with Crippen molar-refractivity contribution in [3.8, 4) is 5.75 Å². The van der Waals surface area contributed by atoms with Crippen LogP contribution < -0.4 is 20.7 Å². The fourth-order valence-electron chi connectivity index (χ4n) is 3.37. The Labute approximate surface area is 208 Å². The van der Waals surface area contributed by atoms with Gasteiger partial charge in [0.25, 0.3) is 11.8 Å². The van der Waals surface area contributed by atoms with E-state index in [1.54, 1.807) is 55.6 Å². The molecule has 0 aliphatic carbocycles. The minimum atomic E-state index is -0.349. The lowest BCUT2D eigenvalue weighted by Gasteiger charge is -2.13. The largest absolute Gasteiger partial charge is 0.497 e. The molecule has 0 atom stereocenters. The van der Waals surface area contributed by atoms with E-state index in [-0.39, 0.29) is 23.6 Å². The van der Waals surface area contributed by atoms with Crippen LogP contribution in [-0.2, 0) is 11.2 Å². The van der Waals surface area contributed by atoms with Crippen molar-refractivity contribution in [1.82, 2.24) is 15.5 Å². The highest BCUT2D eigenvalue weighted by Crippen LogP contribution is 2.19. The van der Waals surface area contributed by atoms with Crippen molar-refractivity contribution >= 4 is 39.9 Å². The van der Waals surface area contributed by atoms with Gasteiger partial charge in [0, 0.05) is 35.7 Å². The maximum absolute atomic E-state index is 12.7. The predicted molar refractivity (Wildman–Crippen MR) is 136 cm³/mol. The van der Waals surface area contributed by atoms with Gasteiger partial charge in [-0.2, -0.15) is 0 Å². The number of carbonyl (C=O) groups excluding carboxylic acids is 3. The molecule has 2 aromatic carbocycles. The number of rotatable bonds is 11. The second kappa shape index (κ2) is 12.6. The van der Waals surface area contributed by atoms with Gasteiger partial charge in [0.15, 0.2) is 0 Å². The number of amides is 3. The van der Waals surface area contributed by atoms with Crippen molar-refractivity contribution in [3.05, 3.63) is 64.7 Å². The van der Waals surface area contributed by atoms with Crippen molar-refractivity contribution in [1.29, 1.82) is 0 Å². The number of nitrogens with one attached hydrogen (secondary N) is 3. The number of hydrogen-bond acceptors (Lipinski definition) is 7. The molecule has 0 aliphatic heterocycles. The molecule has 3 amide bonds. The van der Waals surface area contributed by atoms with Gasteiger partial charge in [-0.1, -0.05) is 37.3 Å². The van der Waals surface area contributed by atoms with E-state index >= 15 is 0 Å². The second-order valence-electron chi connectivity index (χ2n) is 7.78. The van der Waals surface area contributed by atoms with Crippen molar-refractivity contribution < 1.29 is 19.1 Å². The highest BCUT2D eigenvalue weighted by Gasteiger charge is 2.16. The summed E-state index contributed by atoms with van der Waals surface area (Å²) in [6.45, 7) is 4.32. The second-order valence-corrected chi connectivity index (χ2v) is 8.84. The van der Waals surface area contributed by atoms with Crippen LogP contribution in [0.4, 0.5) is 10.8 Å². The summed E-state index contributed by atoms with van der Waals surface area (Å²) >= 11 is 1.24. The Kier molecular flexibility index (Phi) is 9.31. The van der Waals surface area contributed by atoms with E-state index in [0.717, 1.165) is 12.8 Å². The third-order valence-corrected chi connectivity index (χ3v) is 6.29. The first kappa shape index (κ1) is 25.8. The average Bonchev–Trinajstić information content (AvgIpc) is 3.31. The van der Waals surface area contributed by atoms with Crippen LogP contribution in [0, 0.1) is 5.92 Å². The van der Waals surface area contributed by atoms with Crippen molar-refractivity contribution in [2.45, 2.75) is 33.1 Å². The molecule has 1 heterocycles. The molecule has 0 aliphatic rings. The third-order valence-electron chi connectivity index (χ3n) is 5.39. The Morgan fingerprint density at radius 2 is 1.66 bits per heavy atom. The van der Waals surface area contributed by atoms with Crippen LogP contribution in [0.5, 0.6) is 5.75 Å². The zero-order chi connectivity index (χ0) is 25.2. The highest BCUT2D eigenvalue weighted by atomic mass is 32.1. The van der Waals surface area contributed by atoms with Crippen LogP contribution in [0.3, 0.4) is 0 Å². The SMILES string of the molecule is CCC(CC)C(=O)Nc1cccc(C(=O)Nc2nnc(CCNC(=O)c3cccc(OC)c3)s2)c1. The van der Waals surface area contributed by atoms with Crippen LogP contribution >= 0.6 is 11.3 Å². The lowest BCUT2D eigenvalue weighted by Crippen LogP contribution is -2.25. The average molecular weight is 496 g/mol. The molecule has 184 valence electrons. The Morgan fingerprint density at radius 1 is 0.943 bits per heavy atom. The fourth-order valence-corrected chi connectivity index (χ4v) is 4.10. The first-order valence-corrected chi connectivity index (χ1v) is 12.2. The summed E-state index contributed by atoms with van der Waals surface area (Å²) in [6.07, 6.45) is 1.99. The minimum absolute atomic E-state index is 0.0557. The standard InChI is InChI=1S/C25H29N5O4S/c1-4-16(5-2)23(32)27-19-10-6-8-17(14-19)24(33)28-25-30-29-21(35-25)12-13-26-22(31)18-9-7-11-20(15-18)34-3/h6-11,14-16H,4-5,12-13H2,1-3H3,(H,26,31)(H,27,32)(H,28,30,33). The summed E-state index contributed by atoms with van der Waals surface area (Å²) in [6, 6.07) is 13.7. The van der Waals surface area contributed by atoms with Crippen LogP contribution in [-0.4, -0.2) is 41.6 Å². The van der Waals surface area contributed by atoms with Gasteiger partial charge in [0.05, 0.1) is 7.11 Å². The van der Waals surface area contributed by atoms with Crippen LogP contribution in [0.25, 0.3) is 0 Å².